The molecule has 2 N–H and O–H groups in total. The first-order valence-corrected chi connectivity index (χ1v) is 9.14. The van der Waals surface area contributed by atoms with Gasteiger partial charge in [-0.3, -0.25) is 4.79 Å². The van der Waals surface area contributed by atoms with Crippen LogP contribution in [0.15, 0.2) is 60.7 Å². The van der Waals surface area contributed by atoms with Crippen molar-refractivity contribution in [2.24, 2.45) is 5.92 Å². The highest BCUT2D eigenvalue weighted by Crippen LogP contribution is 2.44. The summed E-state index contributed by atoms with van der Waals surface area (Å²) in [6, 6.07) is 16.0. The van der Waals surface area contributed by atoms with Gasteiger partial charge in [-0.2, -0.15) is 0 Å². The maximum Gasteiger partial charge on any atom is 0.407 e. The number of fused-ring (bicyclic) bond motifs is 3. The van der Waals surface area contributed by atoms with Gasteiger partial charge in [0.1, 0.15) is 6.61 Å². The highest BCUT2D eigenvalue weighted by Gasteiger charge is 2.30. The number of carboxylic acid groups (broad SMARTS) is 1. The standard InChI is InChI=1S/C22H21NO4/c24-21(25)14-6-5-7-15(12-14)23-22(26)27-13-20-18-10-3-1-8-16(18)17-9-2-4-11-19(17)20/h1-5,7-11,14-15,20H,6,12-13H2,(H,23,26)(H,24,25)/t14-,15+/m0/s1. The Hall–Kier alpha value is -3.08. The van der Waals surface area contributed by atoms with Crippen molar-refractivity contribution in [1.29, 1.82) is 0 Å². The van der Waals surface area contributed by atoms with Gasteiger partial charge in [-0.15, -0.1) is 0 Å². The van der Waals surface area contributed by atoms with Gasteiger partial charge in [0.2, 0.25) is 0 Å². The van der Waals surface area contributed by atoms with Gasteiger partial charge in [-0.25, -0.2) is 4.79 Å². The lowest BCUT2D eigenvalue weighted by Crippen LogP contribution is -2.38. The smallest absolute Gasteiger partial charge is 0.407 e. The summed E-state index contributed by atoms with van der Waals surface area (Å²) in [7, 11) is 0. The number of aliphatic carboxylic acids is 1. The molecule has 0 radical (unpaired) electrons. The van der Waals surface area contributed by atoms with Gasteiger partial charge in [0, 0.05) is 5.92 Å². The van der Waals surface area contributed by atoms with E-state index in [1.165, 1.54) is 11.1 Å². The molecule has 2 atom stereocenters. The molecule has 2 aliphatic rings. The van der Waals surface area contributed by atoms with E-state index in [2.05, 4.69) is 29.6 Å². The number of carbonyl (C=O) groups excluding carboxylic acids is 1. The van der Waals surface area contributed by atoms with Crippen LogP contribution in [0.5, 0.6) is 0 Å². The first kappa shape index (κ1) is 17.3. The van der Waals surface area contributed by atoms with Crippen LogP contribution in [-0.4, -0.2) is 29.8 Å². The Morgan fingerprint density at radius 2 is 1.67 bits per heavy atom. The monoisotopic (exact) mass is 363 g/mol. The van der Waals surface area contributed by atoms with Gasteiger partial charge in [0.05, 0.1) is 12.0 Å². The van der Waals surface area contributed by atoms with Crippen LogP contribution in [0.1, 0.15) is 29.9 Å². The zero-order valence-corrected chi connectivity index (χ0v) is 14.8. The van der Waals surface area contributed by atoms with Gasteiger partial charge in [-0.1, -0.05) is 60.7 Å². The van der Waals surface area contributed by atoms with Crippen molar-refractivity contribution in [2.45, 2.75) is 24.8 Å². The van der Waals surface area contributed by atoms with E-state index in [0.717, 1.165) is 11.1 Å². The fraction of sp³-hybridized carbons (Fsp3) is 0.273. The third-order valence-corrected chi connectivity index (χ3v) is 5.32. The van der Waals surface area contributed by atoms with Crippen LogP contribution in [0.25, 0.3) is 11.1 Å². The molecule has 0 bridgehead atoms. The fourth-order valence-corrected chi connectivity index (χ4v) is 3.99. The average molecular weight is 363 g/mol. The normalized spacial score (nSPS) is 20.6. The fourth-order valence-electron chi connectivity index (χ4n) is 3.99. The molecule has 0 fully saturated rings. The molecule has 0 unspecified atom stereocenters. The van der Waals surface area contributed by atoms with E-state index in [1.807, 2.05) is 30.3 Å². The van der Waals surface area contributed by atoms with Gasteiger partial charge in [0.15, 0.2) is 0 Å². The molecule has 5 heteroatoms. The van der Waals surface area contributed by atoms with Crippen molar-refractivity contribution in [3.63, 3.8) is 0 Å². The molecule has 0 aliphatic heterocycles. The SMILES string of the molecule is O=C(N[C@@H]1C=CC[C@H](C(=O)O)C1)OCC1c2ccccc2-c2ccccc21. The molecule has 5 nitrogen and oxygen atoms in total. The minimum Gasteiger partial charge on any atom is -0.481 e. The predicted molar refractivity (Wildman–Crippen MR) is 101 cm³/mol. The van der Waals surface area contributed by atoms with Crippen LogP contribution < -0.4 is 5.32 Å². The van der Waals surface area contributed by atoms with Crippen LogP contribution in [-0.2, 0) is 9.53 Å². The first-order valence-electron chi connectivity index (χ1n) is 9.14. The number of nitrogens with one attached hydrogen (secondary N) is 1. The molecule has 138 valence electrons. The molecule has 2 aromatic rings. The largest absolute Gasteiger partial charge is 0.481 e. The maximum absolute atomic E-state index is 12.3. The third-order valence-electron chi connectivity index (χ3n) is 5.32. The molecule has 0 aromatic heterocycles. The van der Waals surface area contributed by atoms with E-state index in [4.69, 9.17) is 9.84 Å². The second kappa shape index (κ2) is 7.27. The Bertz CT molecular complexity index is 859. The highest BCUT2D eigenvalue weighted by molar-refractivity contribution is 5.79. The molecule has 4 rings (SSSR count). The van der Waals surface area contributed by atoms with E-state index in [9.17, 15) is 9.59 Å². The molecule has 0 heterocycles. The summed E-state index contributed by atoms with van der Waals surface area (Å²) in [6.45, 7) is 0.249. The molecule has 2 aromatic carbocycles. The zero-order valence-electron chi connectivity index (χ0n) is 14.8. The number of carbonyl (C=O) groups is 2. The quantitative estimate of drug-likeness (QED) is 0.807. The molecule has 0 saturated heterocycles. The molecule has 0 spiro atoms. The summed E-state index contributed by atoms with van der Waals surface area (Å²) >= 11 is 0. The number of hydrogen-bond donors (Lipinski definition) is 2. The summed E-state index contributed by atoms with van der Waals surface area (Å²) in [5.41, 5.74) is 4.69. The number of amides is 1. The molecular weight excluding hydrogens is 342 g/mol. The van der Waals surface area contributed by atoms with Gasteiger partial charge < -0.3 is 15.2 Å². The molecular formula is C22H21NO4. The van der Waals surface area contributed by atoms with Crippen molar-refractivity contribution in [3.05, 3.63) is 71.8 Å². The maximum atomic E-state index is 12.3. The molecule has 1 amide bonds. The van der Waals surface area contributed by atoms with Crippen molar-refractivity contribution in [2.75, 3.05) is 6.61 Å². The number of carboxylic acids is 1. The zero-order chi connectivity index (χ0) is 18.8. The first-order chi connectivity index (χ1) is 13.1. The van der Waals surface area contributed by atoms with Crippen LogP contribution in [0.3, 0.4) is 0 Å². The van der Waals surface area contributed by atoms with Crippen molar-refractivity contribution in [1.82, 2.24) is 5.32 Å². The number of alkyl carbamates (subject to hydrolysis) is 1. The van der Waals surface area contributed by atoms with Gasteiger partial charge in [0.25, 0.3) is 0 Å². The lowest BCUT2D eigenvalue weighted by atomic mass is 9.91. The van der Waals surface area contributed by atoms with E-state index in [1.54, 1.807) is 6.08 Å². The van der Waals surface area contributed by atoms with Crippen LogP contribution in [0.4, 0.5) is 4.79 Å². The Kier molecular flexibility index (Phi) is 4.67. The third kappa shape index (κ3) is 3.45. The Balaban J connectivity index is 1.42. The second-order valence-corrected chi connectivity index (χ2v) is 7.01. The topological polar surface area (TPSA) is 75.6 Å². The molecule has 0 saturated carbocycles. The van der Waals surface area contributed by atoms with E-state index in [0.29, 0.717) is 12.8 Å². The van der Waals surface area contributed by atoms with E-state index >= 15 is 0 Å². The number of allylic oxidation sites excluding steroid dienone is 1. The minimum atomic E-state index is -0.835. The molecule has 27 heavy (non-hydrogen) atoms. The Morgan fingerprint density at radius 3 is 2.30 bits per heavy atom. The van der Waals surface area contributed by atoms with E-state index in [-0.39, 0.29) is 18.6 Å². The Morgan fingerprint density at radius 1 is 1.04 bits per heavy atom. The van der Waals surface area contributed by atoms with E-state index < -0.39 is 18.0 Å². The Labute approximate surface area is 157 Å². The second-order valence-electron chi connectivity index (χ2n) is 7.01. The van der Waals surface area contributed by atoms with Crippen molar-refractivity contribution < 1.29 is 19.4 Å². The van der Waals surface area contributed by atoms with Crippen LogP contribution in [0, 0.1) is 5.92 Å². The number of rotatable bonds is 4. The van der Waals surface area contributed by atoms with Crippen molar-refractivity contribution >= 4 is 12.1 Å². The summed E-state index contributed by atoms with van der Waals surface area (Å²) in [5, 5.41) is 11.9. The highest BCUT2D eigenvalue weighted by atomic mass is 16.5. The van der Waals surface area contributed by atoms with Gasteiger partial charge >= 0.3 is 12.1 Å². The van der Waals surface area contributed by atoms with Crippen LogP contribution >= 0.6 is 0 Å². The lowest BCUT2D eigenvalue weighted by molar-refractivity contribution is -0.142. The van der Waals surface area contributed by atoms with Gasteiger partial charge in [-0.05, 0) is 35.1 Å². The number of ether oxygens (including phenoxy) is 1. The number of hydrogen-bond acceptors (Lipinski definition) is 3. The van der Waals surface area contributed by atoms with Crippen LogP contribution in [0.2, 0.25) is 0 Å². The minimum absolute atomic E-state index is 0.0109. The summed E-state index contributed by atoms with van der Waals surface area (Å²) < 4.78 is 5.51. The number of benzene rings is 2. The predicted octanol–water partition coefficient (Wildman–Crippen LogP) is 3.94. The summed E-state index contributed by atoms with van der Waals surface area (Å²) in [5.74, 6) is -1.29. The average Bonchev–Trinajstić information content (AvgIpc) is 3.00. The van der Waals surface area contributed by atoms with Crippen molar-refractivity contribution in [3.8, 4) is 11.1 Å². The summed E-state index contributed by atoms with van der Waals surface area (Å²) in [6.07, 6.45) is 4.00. The lowest BCUT2D eigenvalue weighted by Gasteiger charge is -2.23. The molecule has 2 aliphatic carbocycles. The summed E-state index contributed by atoms with van der Waals surface area (Å²) in [4.78, 5) is 23.4.